The Bertz CT molecular complexity index is 2910. The molecule has 0 N–H and O–H groups in total. The summed E-state index contributed by atoms with van der Waals surface area (Å²) in [5, 5.41) is 1.61. The molecule has 372 valence electrons. The van der Waals surface area contributed by atoms with Gasteiger partial charge in [-0.25, -0.2) is 0 Å². The summed E-state index contributed by atoms with van der Waals surface area (Å²) in [6.45, 7) is 29.9. The van der Waals surface area contributed by atoms with Crippen LogP contribution >= 0.6 is 16.8 Å². The average Bonchev–Trinajstić information content (AvgIpc) is 3.44. The smallest absolute Gasteiger partial charge is 0.497 e. The van der Waals surface area contributed by atoms with Gasteiger partial charge in [-0.1, -0.05) is 118 Å². The zero-order valence-corrected chi connectivity index (χ0v) is 46.0. The third-order valence-electron chi connectivity index (χ3n) is 12.1. The molecule has 6 aromatic carbocycles. The van der Waals surface area contributed by atoms with Gasteiger partial charge in [0.1, 0.15) is 57.2 Å². The van der Waals surface area contributed by atoms with Crippen LogP contribution in [0.15, 0.2) is 105 Å². The lowest BCUT2D eigenvalue weighted by Gasteiger charge is -2.29. The van der Waals surface area contributed by atoms with Gasteiger partial charge in [-0.05, 0) is 108 Å². The second-order valence-electron chi connectivity index (χ2n) is 21.8. The molecule has 1 aromatic heterocycles. The molecule has 0 atom stereocenters. The molecule has 7 aromatic rings. The summed E-state index contributed by atoms with van der Waals surface area (Å²) in [6.07, 6.45) is 0. The number of ether oxygens (including phenoxy) is 4. The lowest BCUT2D eigenvalue weighted by atomic mass is 9.81. The largest absolute Gasteiger partial charge is 0.530 e. The predicted octanol–water partition coefficient (Wildman–Crippen LogP) is 17.4. The normalized spacial score (nSPS) is 12.3. The molecule has 12 heteroatoms. The first-order chi connectivity index (χ1) is 32.8. The van der Waals surface area contributed by atoms with Crippen molar-refractivity contribution in [2.45, 2.75) is 119 Å². The quantitative estimate of drug-likeness (QED) is 0.104. The average molecular weight is 989 g/mol. The molecule has 0 saturated heterocycles. The van der Waals surface area contributed by atoms with Gasteiger partial charge in [0.25, 0.3) is 0 Å². The van der Waals surface area contributed by atoms with Crippen molar-refractivity contribution in [3.8, 4) is 57.1 Å². The molecule has 0 saturated carbocycles. The van der Waals surface area contributed by atoms with Crippen LogP contribution in [0, 0.1) is 13.8 Å². The van der Waals surface area contributed by atoms with Gasteiger partial charge in [0.2, 0.25) is 0 Å². The Hall–Kier alpha value is -5.95. The molecule has 0 amide bonds. The minimum absolute atomic E-state index is 0.381. The Labute approximate surface area is 417 Å². The number of rotatable bonds is 13. The molecule has 0 fully saturated rings. The van der Waals surface area contributed by atoms with Crippen LogP contribution in [-0.4, -0.2) is 28.4 Å². The zero-order chi connectivity index (χ0) is 51.1. The van der Waals surface area contributed by atoms with Crippen molar-refractivity contribution >= 4 is 38.8 Å². The fraction of sp³-hybridized carbons (Fsp3) is 0.379. The van der Waals surface area contributed by atoms with Gasteiger partial charge in [0.15, 0.2) is 0 Å². The molecule has 0 aliphatic rings. The van der Waals surface area contributed by atoms with E-state index >= 15 is 0 Å². The van der Waals surface area contributed by atoms with E-state index in [2.05, 4.69) is 83.1 Å². The van der Waals surface area contributed by atoms with Crippen molar-refractivity contribution in [1.29, 1.82) is 0 Å². The summed E-state index contributed by atoms with van der Waals surface area (Å²) in [4.78, 5) is 0. The number of fused-ring (bicyclic) bond motifs is 3. The fourth-order valence-corrected chi connectivity index (χ4v) is 10.3. The summed E-state index contributed by atoms with van der Waals surface area (Å²) < 4.78 is 66.6. The maximum Gasteiger partial charge on any atom is 0.530 e. The number of methoxy groups -OCH3 is 4. The highest BCUT2D eigenvalue weighted by atomic mass is 31.2. The molecule has 7 rings (SSSR count). The third kappa shape index (κ3) is 11.5. The van der Waals surface area contributed by atoms with Gasteiger partial charge in [-0.15, -0.1) is 0 Å². The molecule has 0 spiro atoms. The molecule has 0 unspecified atom stereocenters. The molecular formula is C58H70O10P2. The fourth-order valence-electron chi connectivity index (χ4n) is 8.08. The van der Waals surface area contributed by atoms with E-state index in [1.807, 2.05) is 111 Å². The van der Waals surface area contributed by atoms with Crippen molar-refractivity contribution in [3.63, 3.8) is 0 Å². The van der Waals surface area contributed by atoms with Crippen LogP contribution in [0.4, 0.5) is 0 Å². The Balaban J connectivity index is 1.59. The Kier molecular flexibility index (Phi) is 14.9. The van der Waals surface area contributed by atoms with Crippen LogP contribution < -0.4 is 37.0 Å². The van der Waals surface area contributed by atoms with Crippen LogP contribution in [0.3, 0.4) is 0 Å². The first-order valence-electron chi connectivity index (χ1n) is 23.5. The van der Waals surface area contributed by atoms with Crippen LogP contribution in [0.1, 0.15) is 116 Å². The summed E-state index contributed by atoms with van der Waals surface area (Å²) in [5.74, 6) is 4.85. The van der Waals surface area contributed by atoms with Crippen LogP contribution in [0.25, 0.3) is 33.1 Å². The molecule has 0 bridgehead atoms. The lowest BCUT2D eigenvalue weighted by Crippen LogP contribution is -2.16. The van der Waals surface area contributed by atoms with E-state index in [1.165, 1.54) is 0 Å². The van der Waals surface area contributed by atoms with Gasteiger partial charge < -0.3 is 45.4 Å². The number of hydrogen-bond donors (Lipinski definition) is 0. The van der Waals surface area contributed by atoms with Gasteiger partial charge in [0, 0.05) is 44.2 Å². The van der Waals surface area contributed by atoms with Gasteiger partial charge in [-0.3, -0.25) is 0 Å². The maximum atomic E-state index is 7.46. The lowest BCUT2D eigenvalue weighted by molar-refractivity contribution is 0.380. The molecule has 0 radical (unpaired) electrons. The van der Waals surface area contributed by atoms with Crippen molar-refractivity contribution < 1.29 is 45.4 Å². The maximum absolute atomic E-state index is 7.46. The van der Waals surface area contributed by atoms with E-state index in [4.69, 9.17) is 45.4 Å². The van der Waals surface area contributed by atoms with Crippen molar-refractivity contribution in [2.24, 2.45) is 0 Å². The first-order valence-corrected chi connectivity index (χ1v) is 25.7. The van der Waals surface area contributed by atoms with Crippen molar-refractivity contribution in [1.82, 2.24) is 0 Å². The van der Waals surface area contributed by atoms with Crippen LogP contribution in [-0.2, 0) is 21.7 Å². The molecule has 10 nitrogen and oxygen atoms in total. The van der Waals surface area contributed by atoms with Crippen LogP contribution in [0.2, 0.25) is 0 Å². The number of hydrogen-bond acceptors (Lipinski definition) is 10. The minimum atomic E-state index is -2.27. The predicted molar refractivity (Wildman–Crippen MR) is 286 cm³/mol. The van der Waals surface area contributed by atoms with Crippen molar-refractivity contribution in [2.75, 3.05) is 28.4 Å². The number of benzene rings is 6. The highest BCUT2D eigenvalue weighted by Crippen LogP contribution is 2.55. The molecule has 0 aliphatic carbocycles. The zero-order valence-electron chi connectivity index (χ0n) is 44.2. The van der Waals surface area contributed by atoms with Crippen LogP contribution in [0.5, 0.6) is 46.0 Å². The van der Waals surface area contributed by atoms with Gasteiger partial charge in [0.05, 0.1) is 28.4 Å². The van der Waals surface area contributed by atoms with E-state index in [0.717, 1.165) is 44.2 Å². The molecule has 70 heavy (non-hydrogen) atoms. The second kappa shape index (κ2) is 20.0. The van der Waals surface area contributed by atoms with Gasteiger partial charge in [-0.2, -0.15) is 0 Å². The number of aryl methyl sites for hydroxylation is 2. The summed E-state index contributed by atoms with van der Waals surface area (Å²) in [5.41, 5.74) is 6.59. The second-order valence-corrected chi connectivity index (χ2v) is 23.8. The molecule has 1 heterocycles. The monoisotopic (exact) mass is 988 g/mol. The first kappa shape index (κ1) is 51.9. The Morgan fingerprint density at radius 3 is 1.07 bits per heavy atom. The topological polar surface area (TPSA) is 100 Å². The summed E-state index contributed by atoms with van der Waals surface area (Å²) >= 11 is 0. The minimum Gasteiger partial charge on any atom is -0.497 e. The molecular weight excluding hydrogens is 919 g/mol. The van der Waals surface area contributed by atoms with E-state index in [-0.39, 0.29) is 10.8 Å². The summed E-state index contributed by atoms with van der Waals surface area (Å²) in [6, 6.07) is 31.7. The third-order valence-corrected chi connectivity index (χ3v) is 14.1. The van der Waals surface area contributed by atoms with Gasteiger partial charge >= 0.3 is 16.8 Å². The van der Waals surface area contributed by atoms with E-state index in [9.17, 15) is 0 Å². The Morgan fingerprint density at radius 1 is 0.386 bits per heavy atom. The SMILES string of the molecule is COc1cc(-c2cc(OC)cc(C(C)(C)C)c2Op2oc3c(C(C)(C)C)cc(OC)cc3c3cc(OC)cc(C(C)(C)C)c3o2)c(OP(Oc2ccc(C)cc2)Oc2ccc(C)cc2)c(C(C)(C)C)c1. The molecule has 0 aliphatic heterocycles. The van der Waals surface area contributed by atoms with E-state index < -0.39 is 27.7 Å². The van der Waals surface area contributed by atoms with E-state index in [1.54, 1.807) is 28.4 Å². The summed E-state index contributed by atoms with van der Waals surface area (Å²) in [7, 11) is 2.29. The van der Waals surface area contributed by atoms with E-state index in [0.29, 0.717) is 68.3 Å². The van der Waals surface area contributed by atoms with Crippen molar-refractivity contribution in [3.05, 3.63) is 130 Å². The standard InChI is InChI=1S/C58H70O10P2/c1-35-19-23-37(24-20-35)63-69(64-38-25-21-36(2)22-26-38)65-51-43(27-39(59-15)31-47(51)55(3,4)5)44-28-40(60-16)32-48(56(6,7)8)52(44)66-70-67-53-45(29-41(61-17)33-49(53)57(9,10)11)46-30-42(62-18)34-50(54(46)68-70)58(12,13)14/h19-34H,1-18H3. The highest BCUT2D eigenvalue weighted by Gasteiger charge is 2.34. The highest BCUT2D eigenvalue weighted by molar-refractivity contribution is 7.43. The Morgan fingerprint density at radius 2 is 0.714 bits per heavy atom.